The van der Waals surface area contributed by atoms with Crippen molar-refractivity contribution in [3.8, 4) is 5.75 Å². The minimum Gasteiger partial charge on any atom is -0.478 e. The molecule has 0 aliphatic heterocycles. The van der Waals surface area contributed by atoms with Gasteiger partial charge in [0.2, 0.25) is 0 Å². The second kappa shape index (κ2) is 8.55. The third-order valence-electron chi connectivity index (χ3n) is 2.99. The van der Waals surface area contributed by atoms with Crippen LogP contribution in [0, 0.1) is 5.82 Å². The smallest absolute Gasteiger partial charge is 0.337 e. The van der Waals surface area contributed by atoms with E-state index in [0.717, 1.165) is 0 Å². The molecule has 2 rings (SSSR count). The molecule has 6 nitrogen and oxygen atoms in total. The zero-order valence-corrected chi connectivity index (χ0v) is 14.5. The van der Waals surface area contributed by atoms with Crippen LogP contribution in [-0.4, -0.2) is 18.0 Å². The van der Waals surface area contributed by atoms with Crippen molar-refractivity contribution in [2.45, 2.75) is 13.0 Å². The third kappa shape index (κ3) is 5.51. The number of nitrogens with one attached hydrogen (secondary N) is 3. The first kappa shape index (κ1) is 18.8. The topological polar surface area (TPSA) is 79.5 Å². The predicted molar refractivity (Wildman–Crippen MR) is 93.2 cm³/mol. The highest BCUT2D eigenvalue weighted by atomic mass is 35.5. The van der Waals surface area contributed by atoms with Crippen molar-refractivity contribution in [2.24, 2.45) is 0 Å². The Labute approximate surface area is 153 Å². The Kier molecular flexibility index (Phi) is 6.44. The second-order valence-corrected chi connectivity index (χ2v) is 5.73. The number of halogens is 3. The average molecular weight is 386 g/mol. The summed E-state index contributed by atoms with van der Waals surface area (Å²) in [6, 6.07) is 9.47. The normalized spacial score (nSPS) is 11.4. The van der Waals surface area contributed by atoms with E-state index in [1.165, 1.54) is 37.3 Å². The number of hydrogen-bond donors (Lipinski definition) is 3. The molecule has 0 radical (unpaired) electrons. The lowest BCUT2D eigenvalue weighted by Crippen LogP contribution is -2.48. The van der Waals surface area contributed by atoms with Crippen LogP contribution in [0.3, 0.4) is 0 Å². The lowest BCUT2D eigenvalue weighted by atomic mass is 10.3. The number of rotatable bonds is 4. The number of benzene rings is 2. The Bertz CT molecular complexity index is 789. The van der Waals surface area contributed by atoms with Crippen molar-refractivity contribution in [1.29, 1.82) is 0 Å². The molecule has 0 fully saturated rings. The highest BCUT2D eigenvalue weighted by Crippen LogP contribution is 2.25. The maximum absolute atomic E-state index is 13.5. The van der Waals surface area contributed by atoms with Crippen LogP contribution in [0.15, 0.2) is 42.5 Å². The van der Waals surface area contributed by atoms with Gasteiger partial charge in [-0.3, -0.25) is 10.2 Å². The molecule has 9 heteroatoms. The van der Waals surface area contributed by atoms with Crippen LogP contribution in [0.1, 0.15) is 6.92 Å². The maximum Gasteiger partial charge on any atom is 0.337 e. The van der Waals surface area contributed by atoms with Crippen molar-refractivity contribution >= 4 is 40.8 Å². The SMILES string of the molecule is CC(Oc1ccccc1F)C(=O)NNC(=O)Nc1ccc(Cl)cc1Cl. The van der Waals surface area contributed by atoms with Gasteiger partial charge in [0.15, 0.2) is 17.7 Å². The number of hydrazine groups is 1. The third-order valence-corrected chi connectivity index (χ3v) is 3.54. The van der Waals surface area contributed by atoms with Gasteiger partial charge in [0.05, 0.1) is 10.7 Å². The van der Waals surface area contributed by atoms with E-state index in [0.29, 0.717) is 10.7 Å². The molecule has 3 N–H and O–H groups in total. The molecule has 0 aliphatic carbocycles. The molecule has 1 unspecified atom stereocenters. The minimum atomic E-state index is -1.03. The summed E-state index contributed by atoms with van der Waals surface area (Å²) in [6.45, 7) is 1.41. The standard InChI is InChI=1S/C16H14Cl2FN3O3/c1-9(25-14-5-3-2-4-12(14)19)15(23)21-22-16(24)20-13-7-6-10(17)8-11(13)18/h2-9H,1H3,(H,21,23)(H2,20,22,24). The van der Waals surface area contributed by atoms with E-state index in [1.54, 1.807) is 12.1 Å². The highest BCUT2D eigenvalue weighted by molar-refractivity contribution is 6.36. The molecule has 2 aromatic carbocycles. The molecule has 0 aliphatic rings. The number of anilines is 1. The van der Waals surface area contributed by atoms with Gasteiger partial charge in [0.1, 0.15) is 0 Å². The van der Waals surface area contributed by atoms with Gasteiger partial charge < -0.3 is 10.1 Å². The summed E-state index contributed by atoms with van der Waals surface area (Å²) < 4.78 is 18.7. The molecule has 0 aromatic heterocycles. The zero-order valence-electron chi connectivity index (χ0n) is 13.0. The monoisotopic (exact) mass is 385 g/mol. The van der Waals surface area contributed by atoms with Gasteiger partial charge in [-0.2, -0.15) is 0 Å². The van der Waals surface area contributed by atoms with Crippen molar-refractivity contribution < 1.29 is 18.7 Å². The summed E-state index contributed by atoms with van der Waals surface area (Å²) >= 11 is 11.7. The number of ether oxygens (including phenoxy) is 1. The van der Waals surface area contributed by atoms with E-state index in [1.807, 2.05) is 0 Å². The van der Waals surface area contributed by atoms with E-state index in [-0.39, 0.29) is 10.8 Å². The van der Waals surface area contributed by atoms with E-state index >= 15 is 0 Å². The van der Waals surface area contributed by atoms with Crippen molar-refractivity contribution in [3.63, 3.8) is 0 Å². The number of para-hydroxylation sites is 1. The Morgan fingerprint density at radius 1 is 1.12 bits per heavy atom. The molecule has 3 amide bonds. The molecular formula is C16H14Cl2FN3O3. The van der Waals surface area contributed by atoms with Gasteiger partial charge in [-0.1, -0.05) is 35.3 Å². The molecule has 0 heterocycles. The fourth-order valence-corrected chi connectivity index (χ4v) is 2.20. The van der Waals surface area contributed by atoms with E-state index in [4.69, 9.17) is 27.9 Å². The number of carbonyl (C=O) groups is 2. The maximum atomic E-state index is 13.5. The van der Waals surface area contributed by atoms with Crippen LogP contribution >= 0.6 is 23.2 Å². The Morgan fingerprint density at radius 3 is 2.52 bits per heavy atom. The average Bonchev–Trinajstić information content (AvgIpc) is 2.57. The summed E-state index contributed by atoms with van der Waals surface area (Å²) in [7, 11) is 0. The molecule has 132 valence electrons. The van der Waals surface area contributed by atoms with Crippen LogP contribution in [0.2, 0.25) is 10.0 Å². The molecule has 25 heavy (non-hydrogen) atoms. The van der Waals surface area contributed by atoms with Crippen LogP contribution in [0.4, 0.5) is 14.9 Å². The van der Waals surface area contributed by atoms with Gasteiger partial charge in [0.25, 0.3) is 5.91 Å². The largest absolute Gasteiger partial charge is 0.478 e. The van der Waals surface area contributed by atoms with Crippen molar-refractivity contribution in [1.82, 2.24) is 10.9 Å². The summed E-state index contributed by atoms with van der Waals surface area (Å²) in [5, 5.41) is 3.10. The lowest BCUT2D eigenvalue weighted by Gasteiger charge is -2.16. The summed E-state index contributed by atoms with van der Waals surface area (Å²) in [4.78, 5) is 23.6. The molecule has 0 spiro atoms. The highest BCUT2D eigenvalue weighted by Gasteiger charge is 2.17. The summed E-state index contributed by atoms with van der Waals surface area (Å²) in [5.74, 6) is -1.33. The van der Waals surface area contributed by atoms with Gasteiger partial charge >= 0.3 is 6.03 Å². The van der Waals surface area contributed by atoms with Crippen LogP contribution in [0.25, 0.3) is 0 Å². The number of hydrogen-bond acceptors (Lipinski definition) is 3. The molecule has 0 bridgehead atoms. The number of amides is 3. The van der Waals surface area contributed by atoms with Gasteiger partial charge in [-0.15, -0.1) is 0 Å². The summed E-state index contributed by atoms with van der Waals surface area (Å²) in [5.41, 5.74) is 4.61. The van der Waals surface area contributed by atoms with Gasteiger partial charge in [-0.25, -0.2) is 14.6 Å². The van der Waals surface area contributed by atoms with Crippen LogP contribution < -0.4 is 20.9 Å². The minimum absolute atomic E-state index is 0.0671. The Hall–Kier alpha value is -2.51. The van der Waals surface area contributed by atoms with Crippen LogP contribution in [-0.2, 0) is 4.79 Å². The molecular weight excluding hydrogens is 372 g/mol. The second-order valence-electron chi connectivity index (χ2n) is 4.88. The predicted octanol–water partition coefficient (Wildman–Crippen LogP) is 3.75. The van der Waals surface area contributed by atoms with E-state index < -0.39 is 23.9 Å². The zero-order chi connectivity index (χ0) is 18.4. The van der Waals surface area contributed by atoms with E-state index in [9.17, 15) is 14.0 Å². The lowest BCUT2D eigenvalue weighted by molar-refractivity contribution is -0.128. The fourth-order valence-electron chi connectivity index (χ4n) is 1.75. The Morgan fingerprint density at radius 2 is 1.84 bits per heavy atom. The first-order valence-electron chi connectivity index (χ1n) is 7.10. The van der Waals surface area contributed by atoms with Crippen LogP contribution in [0.5, 0.6) is 5.75 Å². The molecule has 0 saturated carbocycles. The molecule has 0 saturated heterocycles. The van der Waals surface area contributed by atoms with Crippen molar-refractivity contribution in [2.75, 3.05) is 5.32 Å². The fraction of sp³-hybridized carbons (Fsp3) is 0.125. The van der Waals surface area contributed by atoms with E-state index in [2.05, 4.69) is 16.2 Å². The molecule has 2 aromatic rings. The number of urea groups is 1. The van der Waals surface area contributed by atoms with Gasteiger partial charge in [0, 0.05) is 5.02 Å². The number of carbonyl (C=O) groups excluding carboxylic acids is 2. The first-order valence-corrected chi connectivity index (χ1v) is 7.85. The quantitative estimate of drug-likeness (QED) is 0.701. The molecule has 1 atom stereocenters. The summed E-state index contributed by atoms with van der Waals surface area (Å²) in [6.07, 6.45) is -1.03. The Balaban J connectivity index is 1.84. The van der Waals surface area contributed by atoms with Crippen molar-refractivity contribution in [3.05, 3.63) is 58.3 Å². The first-order chi connectivity index (χ1) is 11.9. The van der Waals surface area contributed by atoms with Gasteiger partial charge in [-0.05, 0) is 37.3 Å².